The van der Waals surface area contributed by atoms with Crippen molar-refractivity contribution in [3.8, 4) is 0 Å². The quantitative estimate of drug-likeness (QED) is 0.700. The minimum Gasteiger partial charge on any atom is -0.388 e. The number of hydrogen-bond donors (Lipinski definition) is 2. The summed E-state index contributed by atoms with van der Waals surface area (Å²) in [5.41, 5.74) is -0.882. The van der Waals surface area contributed by atoms with Crippen molar-refractivity contribution in [3.05, 3.63) is 0 Å². The molecule has 0 saturated carbocycles. The molecule has 0 aliphatic carbocycles. The van der Waals surface area contributed by atoms with Crippen molar-refractivity contribution in [2.45, 2.75) is 59.7 Å². The van der Waals surface area contributed by atoms with E-state index < -0.39 is 11.7 Å². The Morgan fingerprint density at radius 3 is 2.28 bits per heavy atom. The van der Waals surface area contributed by atoms with Gasteiger partial charge in [-0.15, -0.1) is 0 Å². The Kier molecular flexibility index (Phi) is 7.48. The third-order valence-electron chi connectivity index (χ3n) is 3.30. The molecule has 0 aliphatic rings. The summed E-state index contributed by atoms with van der Waals surface area (Å²) in [7, 11) is 0. The van der Waals surface area contributed by atoms with E-state index in [1.165, 1.54) is 0 Å². The summed E-state index contributed by atoms with van der Waals surface area (Å²) >= 11 is 0. The van der Waals surface area contributed by atoms with Gasteiger partial charge in [0.05, 0.1) is 5.60 Å². The molecule has 2 unspecified atom stereocenters. The molecule has 108 valence electrons. The smallest absolute Gasteiger partial charge is 0.248 e. The molecule has 0 spiro atoms. The highest BCUT2D eigenvalue weighted by Gasteiger charge is 2.26. The second kappa shape index (κ2) is 7.74. The number of carbonyl (C=O) groups excluding carboxylic acids is 1. The topological polar surface area (TPSA) is 58.6 Å². The zero-order valence-electron chi connectivity index (χ0n) is 12.6. The average molecular weight is 259 g/mol. The molecule has 0 fully saturated rings. The van der Waals surface area contributed by atoms with Crippen LogP contribution in [0.15, 0.2) is 0 Å². The summed E-state index contributed by atoms with van der Waals surface area (Å²) in [6, 6.07) is 0. The van der Waals surface area contributed by atoms with E-state index in [2.05, 4.69) is 19.2 Å². The van der Waals surface area contributed by atoms with Crippen LogP contribution in [-0.4, -0.2) is 35.9 Å². The molecule has 18 heavy (non-hydrogen) atoms. The van der Waals surface area contributed by atoms with Crippen LogP contribution in [-0.2, 0) is 9.53 Å². The van der Waals surface area contributed by atoms with Gasteiger partial charge in [-0.3, -0.25) is 4.79 Å². The van der Waals surface area contributed by atoms with E-state index in [1.807, 2.05) is 13.8 Å². The van der Waals surface area contributed by atoms with Crippen molar-refractivity contribution >= 4 is 5.91 Å². The van der Waals surface area contributed by atoms with Crippen molar-refractivity contribution in [2.24, 2.45) is 11.8 Å². The number of amides is 1. The maximum absolute atomic E-state index is 11.7. The molecule has 4 heteroatoms. The largest absolute Gasteiger partial charge is 0.388 e. The fourth-order valence-corrected chi connectivity index (χ4v) is 1.17. The minimum absolute atomic E-state index is 0.0926. The Morgan fingerprint density at radius 2 is 1.83 bits per heavy atom. The van der Waals surface area contributed by atoms with Crippen molar-refractivity contribution < 1.29 is 14.6 Å². The summed E-state index contributed by atoms with van der Waals surface area (Å²) < 4.78 is 5.45. The van der Waals surface area contributed by atoms with E-state index in [-0.39, 0.29) is 18.4 Å². The molecule has 2 N–H and O–H groups in total. The number of aliphatic hydroxyl groups is 1. The van der Waals surface area contributed by atoms with E-state index in [9.17, 15) is 9.90 Å². The van der Waals surface area contributed by atoms with Crippen molar-refractivity contribution in [2.75, 3.05) is 13.2 Å². The fourth-order valence-electron chi connectivity index (χ4n) is 1.17. The zero-order chi connectivity index (χ0) is 14.3. The van der Waals surface area contributed by atoms with Gasteiger partial charge in [0, 0.05) is 13.2 Å². The monoisotopic (exact) mass is 259 g/mol. The van der Waals surface area contributed by atoms with E-state index in [1.54, 1.807) is 13.8 Å². The van der Waals surface area contributed by atoms with Gasteiger partial charge in [0.1, 0.15) is 6.10 Å². The van der Waals surface area contributed by atoms with Crippen LogP contribution in [0.3, 0.4) is 0 Å². The Morgan fingerprint density at radius 1 is 1.28 bits per heavy atom. The third kappa shape index (κ3) is 6.97. The highest BCUT2D eigenvalue weighted by Crippen LogP contribution is 2.14. The van der Waals surface area contributed by atoms with Gasteiger partial charge in [0.25, 0.3) is 0 Å². The predicted molar refractivity (Wildman–Crippen MR) is 73.3 cm³/mol. The maximum atomic E-state index is 11.7. The molecule has 0 aromatic rings. The number of rotatable bonds is 8. The molecular formula is C14H29NO3. The van der Waals surface area contributed by atoms with Crippen LogP contribution < -0.4 is 5.32 Å². The lowest BCUT2D eigenvalue weighted by Crippen LogP contribution is -2.47. The number of carbonyl (C=O) groups is 1. The second-order valence-corrected chi connectivity index (χ2v) is 5.93. The highest BCUT2D eigenvalue weighted by atomic mass is 16.5. The fraction of sp³-hybridized carbons (Fsp3) is 0.929. The van der Waals surface area contributed by atoms with E-state index in [4.69, 9.17) is 4.74 Å². The van der Waals surface area contributed by atoms with E-state index in [0.29, 0.717) is 12.5 Å². The molecule has 4 nitrogen and oxygen atoms in total. The van der Waals surface area contributed by atoms with Gasteiger partial charge < -0.3 is 15.2 Å². The van der Waals surface area contributed by atoms with E-state index in [0.717, 1.165) is 6.42 Å². The SMILES string of the molecule is CC(C)CCOC(C)C(=O)NCC(C)(O)C(C)C. The molecular weight excluding hydrogens is 230 g/mol. The Hall–Kier alpha value is -0.610. The maximum Gasteiger partial charge on any atom is 0.248 e. The normalized spacial score (nSPS) is 16.7. The molecule has 0 bridgehead atoms. The molecule has 0 heterocycles. The van der Waals surface area contributed by atoms with Crippen LogP contribution in [0.1, 0.15) is 48.0 Å². The first kappa shape index (κ1) is 17.4. The number of ether oxygens (including phenoxy) is 1. The summed E-state index contributed by atoms with van der Waals surface area (Å²) in [6.07, 6.45) is 0.480. The van der Waals surface area contributed by atoms with Gasteiger partial charge in [0.2, 0.25) is 5.91 Å². The molecule has 0 aliphatic heterocycles. The lowest BCUT2D eigenvalue weighted by Gasteiger charge is -2.28. The van der Waals surface area contributed by atoms with Crippen LogP contribution >= 0.6 is 0 Å². The van der Waals surface area contributed by atoms with Gasteiger partial charge in [-0.2, -0.15) is 0 Å². The van der Waals surface area contributed by atoms with Gasteiger partial charge in [-0.05, 0) is 32.1 Å². The molecule has 2 atom stereocenters. The van der Waals surface area contributed by atoms with E-state index >= 15 is 0 Å². The summed E-state index contributed by atoms with van der Waals surface area (Å²) in [5.74, 6) is 0.497. The molecule has 0 rings (SSSR count). The molecule has 0 saturated heterocycles. The summed E-state index contributed by atoms with van der Waals surface area (Å²) in [4.78, 5) is 11.7. The number of hydrogen-bond acceptors (Lipinski definition) is 3. The van der Waals surface area contributed by atoms with Gasteiger partial charge >= 0.3 is 0 Å². The van der Waals surface area contributed by atoms with Crippen LogP contribution in [0.5, 0.6) is 0 Å². The lowest BCUT2D eigenvalue weighted by molar-refractivity contribution is -0.133. The predicted octanol–water partition coefficient (Wildman–Crippen LogP) is 1.96. The summed E-state index contributed by atoms with van der Waals surface area (Å²) in [5, 5.41) is 12.7. The van der Waals surface area contributed by atoms with Crippen molar-refractivity contribution in [3.63, 3.8) is 0 Å². The molecule has 0 aromatic heterocycles. The first-order valence-electron chi connectivity index (χ1n) is 6.78. The van der Waals surface area contributed by atoms with Crippen LogP contribution in [0.2, 0.25) is 0 Å². The van der Waals surface area contributed by atoms with Gasteiger partial charge in [-0.25, -0.2) is 0 Å². The minimum atomic E-state index is -0.882. The zero-order valence-corrected chi connectivity index (χ0v) is 12.6. The van der Waals surface area contributed by atoms with Crippen molar-refractivity contribution in [1.29, 1.82) is 0 Å². The number of nitrogens with one attached hydrogen (secondary N) is 1. The van der Waals surface area contributed by atoms with Crippen LogP contribution in [0, 0.1) is 11.8 Å². The Labute approximate surface area is 111 Å². The first-order chi connectivity index (χ1) is 8.16. The standard InChI is InChI=1S/C14H29NO3/c1-10(2)7-8-18-12(5)13(16)15-9-14(6,17)11(3)4/h10-12,17H,7-9H2,1-6H3,(H,15,16). The second-order valence-electron chi connectivity index (χ2n) is 5.93. The Balaban J connectivity index is 3.95. The average Bonchev–Trinajstić information content (AvgIpc) is 2.25. The van der Waals surface area contributed by atoms with Crippen LogP contribution in [0.4, 0.5) is 0 Å². The summed E-state index contributed by atoms with van der Waals surface area (Å²) in [6.45, 7) is 12.4. The Bertz CT molecular complexity index is 249. The van der Waals surface area contributed by atoms with Gasteiger partial charge in [-0.1, -0.05) is 27.7 Å². The first-order valence-corrected chi connectivity index (χ1v) is 6.78. The highest BCUT2D eigenvalue weighted by molar-refractivity contribution is 5.80. The van der Waals surface area contributed by atoms with Crippen molar-refractivity contribution in [1.82, 2.24) is 5.32 Å². The van der Waals surface area contributed by atoms with Crippen LogP contribution in [0.25, 0.3) is 0 Å². The lowest BCUT2D eigenvalue weighted by atomic mass is 9.92. The molecule has 0 radical (unpaired) electrons. The molecule has 0 aromatic carbocycles. The molecule has 1 amide bonds. The van der Waals surface area contributed by atoms with Gasteiger partial charge in [0.15, 0.2) is 0 Å². The third-order valence-corrected chi connectivity index (χ3v) is 3.30.